The molecule has 2 unspecified atom stereocenters. The Morgan fingerprint density at radius 2 is 2.25 bits per heavy atom. The number of phenols is 1. The highest BCUT2D eigenvalue weighted by Crippen LogP contribution is 2.30. The zero-order chi connectivity index (χ0) is 14.8. The van der Waals surface area contributed by atoms with Crippen LogP contribution in [-0.4, -0.2) is 31.1 Å². The standard InChI is InChI=1S/C14H20BrNO3S/c1-2-13(12-8-10(15)5-6-14(12)17)16-11-4-3-7-20(18,19)9-11/h5-6,8,11,13,16-17H,2-4,7,9H2,1H3. The van der Waals surface area contributed by atoms with E-state index in [1.165, 1.54) is 0 Å². The molecule has 1 aromatic carbocycles. The van der Waals surface area contributed by atoms with E-state index < -0.39 is 9.84 Å². The largest absolute Gasteiger partial charge is 0.508 e. The molecule has 1 aliphatic rings. The van der Waals surface area contributed by atoms with Gasteiger partial charge in [-0.2, -0.15) is 0 Å². The number of nitrogens with one attached hydrogen (secondary N) is 1. The summed E-state index contributed by atoms with van der Waals surface area (Å²) < 4.78 is 24.3. The SMILES string of the molecule is CCC(NC1CCCS(=O)(=O)C1)c1cc(Br)ccc1O. The molecule has 1 aromatic rings. The first kappa shape index (κ1) is 15.8. The van der Waals surface area contributed by atoms with Crippen LogP contribution in [-0.2, 0) is 9.84 Å². The lowest BCUT2D eigenvalue weighted by Gasteiger charge is -2.28. The Balaban J connectivity index is 2.14. The van der Waals surface area contributed by atoms with Gasteiger partial charge in [0.25, 0.3) is 0 Å². The van der Waals surface area contributed by atoms with E-state index >= 15 is 0 Å². The maximum absolute atomic E-state index is 11.7. The smallest absolute Gasteiger partial charge is 0.151 e. The minimum Gasteiger partial charge on any atom is -0.508 e. The second kappa shape index (κ2) is 6.45. The van der Waals surface area contributed by atoms with Crippen molar-refractivity contribution in [3.63, 3.8) is 0 Å². The van der Waals surface area contributed by atoms with Crippen molar-refractivity contribution in [1.29, 1.82) is 0 Å². The van der Waals surface area contributed by atoms with Gasteiger partial charge in [-0.3, -0.25) is 0 Å². The predicted octanol–water partition coefficient (Wildman–Crippen LogP) is 2.77. The predicted molar refractivity (Wildman–Crippen MR) is 83.7 cm³/mol. The van der Waals surface area contributed by atoms with Crippen LogP contribution in [0.4, 0.5) is 0 Å². The van der Waals surface area contributed by atoms with Gasteiger partial charge in [0, 0.05) is 22.1 Å². The Morgan fingerprint density at radius 1 is 1.50 bits per heavy atom. The minimum absolute atomic E-state index is 0.0305. The Labute approximate surface area is 128 Å². The van der Waals surface area contributed by atoms with Crippen LogP contribution in [0, 0.1) is 0 Å². The van der Waals surface area contributed by atoms with Gasteiger partial charge < -0.3 is 10.4 Å². The fraction of sp³-hybridized carbons (Fsp3) is 0.571. The molecule has 112 valence electrons. The van der Waals surface area contributed by atoms with Crippen molar-refractivity contribution in [2.75, 3.05) is 11.5 Å². The molecule has 20 heavy (non-hydrogen) atoms. The van der Waals surface area contributed by atoms with Crippen molar-refractivity contribution in [3.05, 3.63) is 28.2 Å². The van der Waals surface area contributed by atoms with Crippen molar-refractivity contribution < 1.29 is 13.5 Å². The topological polar surface area (TPSA) is 66.4 Å². The second-order valence-corrected chi connectivity index (χ2v) is 8.43. The first-order valence-electron chi connectivity index (χ1n) is 6.86. The molecule has 1 heterocycles. The van der Waals surface area contributed by atoms with E-state index in [9.17, 15) is 13.5 Å². The monoisotopic (exact) mass is 361 g/mol. The molecule has 0 aliphatic carbocycles. The molecule has 4 nitrogen and oxygen atoms in total. The molecule has 1 saturated heterocycles. The van der Waals surface area contributed by atoms with Crippen molar-refractivity contribution in [3.8, 4) is 5.75 Å². The summed E-state index contributed by atoms with van der Waals surface area (Å²) in [6, 6.07) is 5.26. The average molecular weight is 362 g/mol. The van der Waals surface area contributed by atoms with E-state index in [1.807, 2.05) is 13.0 Å². The van der Waals surface area contributed by atoms with Crippen LogP contribution >= 0.6 is 15.9 Å². The van der Waals surface area contributed by atoms with Crippen LogP contribution in [0.1, 0.15) is 37.8 Å². The number of benzene rings is 1. The van der Waals surface area contributed by atoms with Gasteiger partial charge in [-0.25, -0.2) is 8.42 Å². The number of rotatable bonds is 4. The van der Waals surface area contributed by atoms with Crippen LogP contribution in [0.5, 0.6) is 5.75 Å². The van der Waals surface area contributed by atoms with E-state index in [0.29, 0.717) is 12.2 Å². The fourth-order valence-electron chi connectivity index (χ4n) is 2.67. The summed E-state index contributed by atoms with van der Waals surface area (Å²) in [7, 11) is -2.92. The van der Waals surface area contributed by atoms with E-state index in [1.54, 1.807) is 12.1 Å². The fourth-order valence-corrected chi connectivity index (χ4v) is 4.70. The maximum atomic E-state index is 11.7. The zero-order valence-electron chi connectivity index (χ0n) is 11.5. The molecule has 0 saturated carbocycles. The van der Waals surface area contributed by atoms with Gasteiger partial charge in [0.15, 0.2) is 9.84 Å². The van der Waals surface area contributed by atoms with Gasteiger partial charge in [0.05, 0.1) is 11.5 Å². The number of aromatic hydroxyl groups is 1. The average Bonchev–Trinajstić information content (AvgIpc) is 2.38. The molecule has 1 aliphatic heterocycles. The quantitative estimate of drug-likeness (QED) is 0.865. The lowest BCUT2D eigenvalue weighted by Crippen LogP contribution is -2.41. The molecular formula is C14H20BrNO3S. The van der Waals surface area contributed by atoms with Crippen molar-refractivity contribution >= 4 is 25.8 Å². The number of hydrogen-bond acceptors (Lipinski definition) is 4. The summed E-state index contributed by atoms with van der Waals surface area (Å²) in [6.07, 6.45) is 2.37. The molecular weight excluding hydrogens is 342 g/mol. The number of halogens is 1. The Kier molecular flexibility index (Phi) is 5.09. The van der Waals surface area contributed by atoms with Gasteiger partial charge in [-0.1, -0.05) is 22.9 Å². The zero-order valence-corrected chi connectivity index (χ0v) is 13.9. The number of hydrogen-bond donors (Lipinski definition) is 2. The summed E-state index contributed by atoms with van der Waals surface area (Å²) >= 11 is 3.40. The molecule has 0 bridgehead atoms. The Morgan fingerprint density at radius 3 is 2.90 bits per heavy atom. The van der Waals surface area contributed by atoms with Crippen molar-refractivity contribution in [2.24, 2.45) is 0 Å². The minimum atomic E-state index is -2.92. The Hall–Kier alpha value is -0.590. The summed E-state index contributed by atoms with van der Waals surface area (Å²) in [6.45, 7) is 2.02. The second-order valence-electron chi connectivity index (χ2n) is 5.28. The summed E-state index contributed by atoms with van der Waals surface area (Å²) in [5.74, 6) is 0.730. The van der Waals surface area contributed by atoms with Crippen molar-refractivity contribution in [1.82, 2.24) is 5.32 Å². The number of phenolic OH excluding ortho intramolecular Hbond substituents is 1. The third-order valence-electron chi connectivity index (χ3n) is 3.67. The number of sulfone groups is 1. The third-order valence-corrected chi connectivity index (χ3v) is 5.99. The summed E-state index contributed by atoms with van der Waals surface area (Å²) in [5, 5.41) is 13.4. The normalized spacial score (nSPS) is 23.4. The van der Waals surface area contributed by atoms with Crippen molar-refractivity contribution in [2.45, 2.75) is 38.3 Å². The molecule has 6 heteroatoms. The Bertz CT molecular complexity index is 574. The van der Waals surface area contributed by atoms with E-state index in [0.717, 1.165) is 22.9 Å². The summed E-state index contributed by atoms with van der Waals surface area (Å²) in [4.78, 5) is 0. The van der Waals surface area contributed by atoms with Gasteiger partial charge >= 0.3 is 0 Å². The van der Waals surface area contributed by atoms with Crippen LogP contribution in [0.3, 0.4) is 0 Å². The molecule has 0 spiro atoms. The third kappa shape index (κ3) is 3.96. The lowest BCUT2D eigenvalue weighted by atomic mass is 10.0. The summed E-state index contributed by atoms with van der Waals surface area (Å²) in [5.41, 5.74) is 0.810. The van der Waals surface area contributed by atoms with E-state index in [2.05, 4.69) is 21.2 Å². The van der Waals surface area contributed by atoms with Crippen LogP contribution in [0.25, 0.3) is 0 Å². The van der Waals surface area contributed by atoms with Gasteiger partial charge in [-0.15, -0.1) is 0 Å². The molecule has 2 rings (SSSR count). The highest BCUT2D eigenvalue weighted by Gasteiger charge is 2.27. The van der Waals surface area contributed by atoms with Crippen LogP contribution < -0.4 is 5.32 Å². The molecule has 0 radical (unpaired) electrons. The van der Waals surface area contributed by atoms with Crippen LogP contribution in [0.15, 0.2) is 22.7 Å². The first-order chi connectivity index (χ1) is 9.41. The molecule has 0 amide bonds. The first-order valence-corrected chi connectivity index (χ1v) is 9.47. The van der Waals surface area contributed by atoms with E-state index in [-0.39, 0.29) is 23.6 Å². The molecule has 1 fully saturated rings. The van der Waals surface area contributed by atoms with Gasteiger partial charge in [0.1, 0.15) is 5.75 Å². The lowest BCUT2D eigenvalue weighted by molar-refractivity contribution is 0.396. The highest BCUT2D eigenvalue weighted by atomic mass is 79.9. The van der Waals surface area contributed by atoms with Gasteiger partial charge in [-0.05, 0) is 37.5 Å². The molecule has 2 N–H and O–H groups in total. The highest BCUT2D eigenvalue weighted by molar-refractivity contribution is 9.10. The van der Waals surface area contributed by atoms with E-state index in [4.69, 9.17) is 0 Å². The van der Waals surface area contributed by atoms with Crippen LogP contribution in [0.2, 0.25) is 0 Å². The van der Waals surface area contributed by atoms with Gasteiger partial charge in [0.2, 0.25) is 0 Å². The molecule has 0 aromatic heterocycles. The molecule has 2 atom stereocenters. The maximum Gasteiger partial charge on any atom is 0.151 e.